The molecule has 0 atom stereocenters. The predicted molar refractivity (Wildman–Crippen MR) is 56.5 cm³/mol. The van der Waals surface area contributed by atoms with Crippen molar-refractivity contribution in [2.24, 2.45) is 0 Å². The molecule has 0 N–H and O–H groups in total. The normalized spacial score (nSPS) is 13.2. The van der Waals surface area contributed by atoms with E-state index < -0.39 is 11.9 Å². The average molecular weight is 234 g/mol. The van der Waals surface area contributed by atoms with Gasteiger partial charge in [-0.15, -0.1) is 0 Å². The number of ether oxygens (including phenoxy) is 2. The van der Waals surface area contributed by atoms with Crippen LogP contribution in [0.5, 0.6) is 0 Å². The lowest BCUT2D eigenvalue weighted by atomic mass is 10.0. The van der Waals surface area contributed by atoms with Crippen LogP contribution in [0.4, 0.5) is 0 Å². The third-order valence-corrected chi connectivity index (χ3v) is 2.41. The predicted octanol–water partition coefficient (Wildman–Crippen LogP) is 1.10. The second-order valence-corrected chi connectivity index (χ2v) is 3.65. The van der Waals surface area contributed by atoms with Crippen LogP contribution in [0.2, 0.25) is 0 Å². The zero-order chi connectivity index (χ0) is 12.4. The summed E-state index contributed by atoms with van der Waals surface area (Å²) in [5, 5.41) is 0. The van der Waals surface area contributed by atoms with E-state index in [4.69, 9.17) is 4.74 Å². The largest absolute Gasteiger partial charge is 0.466 e. The Morgan fingerprint density at radius 1 is 1.24 bits per heavy atom. The number of hydrogen-bond donors (Lipinski definition) is 0. The molecule has 5 nitrogen and oxygen atoms in total. The topological polar surface area (TPSA) is 69.7 Å². The summed E-state index contributed by atoms with van der Waals surface area (Å²) in [4.78, 5) is 33.0. The minimum absolute atomic E-state index is 0.247. The molecule has 0 aliphatic carbocycles. The fourth-order valence-electron chi connectivity index (χ4n) is 1.60. The first-order chi connectivity index (χ1) is 8.08. The molecule has 17 heavy (non-hydrogen) atoms. The van der Waals surface area contributed by atoms with Gasteiger partial charge in [0.25, 0.3) is 0 Å². The molecule has 5 heteroatoms. The maximum absolute atomic E-state index is 11.3. The van der Waals surface area contributed by atoms with Crippen LogP contribution in [0.15, 0.2) is 18.2 Å². The maximum atomic E-state index is 11.3. The first-order valence-corrected chi connectivity index (χ1v) is 5.11. The zero-order valence-corrected chi connectivity index (χ0v) is 9.19. The number of cyclic esters (lactones) is 2. The molecule has 1 aliphatic heterocycles. The summed E-state index contributed by atoms with van der Waals surface area (Å²) in [5.41, 5.74) is 1.37. The average Bonchev–Trinajstić information content (AvgIpc) is 2.54. The van der Waals surface area contributed by atoms with Gasteiger partial charge in [-0.2, -0.15) is 0 Å². The van der Waals surface area contributed by atoms with E-state index in [-0.39, 0.29) is 23.7 Å². The van der Waals surface area contributed by atoms with Crippen LogP contribution in [0.3, 0.4) is 0 Å². The second kappa shape index (κ2) is 4.37. The maximum Gasteiger partial charge on any atom is 0.346 e. The van der Waals surface area contributed by atoms with Crippen LogP contribution in [-0.2, 0) is 20.7 Å². The summed E-state index contributed by atoms with van der Waals surface area (Å²) in [5.74, 6) is -1.59. The quantitative estimate of drug-likeness (QED) is 0.578. The Hall–Kier alpha value is -2.17. The van der Waals surface area contributed by atoms with E-state index in [1.54, 1.807) is 18.2 Å². The number of carbonyl (C=O) groups excluding carboxylic acids is 3. The van der Waals surface area contributed by atoms with Gasteiger partial charge in [-0.25, -0.2) is 9.59 Å². The molecule has 1 heterocycles. The van der Waals surface area contributed by atoms with E-state index in [2.05, 4.69) is 4.74 Å². The van der Waals surface area contributed by atoms with E-state index in [9.17, 15) is 14.4 Å². The lowest BCUT2D eigenvalue weighted by molar-refractivity contribution is -0.140. The molecule has 0 fully saturated rings. The van der Waals surface area contributed by atoms with Crippen LogP contribution in [-0.4, -0.2) is 24.5 Å². The van der Waals surface area contributed by atoms with E-state index in [1.807, 2.05) is 0 Å². The molecule has 0 spiro atoms. The number of hydrogen-bond acceptors (Lipinski definition) is 5. The summed E-state index contributed by atoms with van der Waals surface area (Å²) in [6, 6.07) is 4.85. The minimum Gasteiger partial charge on any atom is -0.466 e. The highest BCUT2D eigenvalue weighted by atomic mass is 16.6. The molecular weight excluding hydrogens is 224 g/mol. The van der Waals surface area contributed by atoms with Crippen LogP contribution in [0.25, 0.3) is 0 Å². The molecular formula is C12H10O5. The zero-order valence-electron chi connectivity index (χ0n) is 9.19. The van der Waals surface area contributed by atoms with Gasteiger partial charge in [-0.3, -0.25) is 4.79 Å². The van der Waals surface area contributed by atoms with Crippen LogP contribution in [0, 0.1) is 0 Å². The summed E-state index contributed by atoms with van der Waals surface area (Å²) in [6.07, 6.45) is 0.494. The molecule has 1 aromatic rings. The molecule has 0 amide bonds. The van der Waals surface area contributed by atoms with Gasteiger partial charge in [0.05, 0.1) is 17.7 Å². The van der Waals surface area contributed by atoms with Crippen LogP contribution in [0.1, 0.15) is 33.2 Å². The van der Waals surface area contributed by atoms with Gasteiger partial charge >= 0.3 is 17.9 Å². The highest BCUT2D eigenvalue weighted by molar-refractivity contribution is 6.14. The van der Waals surface area contributed by atoms with Crippen molar-refractivity contribution in [2.75, 3.05) is 6.61 Å². The van der Waals surface area contributed by atoms with Crippen molar-refractivity contribution in [1.82, 2.24) is 0 Å². The lowest BCUT2D eigenvalue weighted by Crippen LogP contribution is -2.04. The van der Waals surface area contributed by atoms with E-state index in [1.165, 1.54) is 6.92 Å². The van der Waals surface area contributed by atoms with Crippen molar-refractivity contribution < 1.29 is 23.9 Å². The molecule has 1 aromatic carbocycles. The van der Waals surface area contributed by atoms with E-state index in [0.29, 0.717) is 6.42 Å². The Bertz CT molecular complexity index is 504. The fraction of sp³-hybridized carbons (Fsp3) is 0.250. The third kappa shape index (κ3) is 2.33. The van der Waals surface area contributed by atoms with Gasteiger partial charge in [0, 0.05) is 13.3 Å². The molecule has 0 saturated heterocycles. The van der Waals surface area contributed by atoms with Crippen molar-refractivity contribution in [3.8, 4) is 0 Å². The monoisotopic (exact) mass is 234 g/mol. The molecule has 0 aromatic heterocycles. The summed E-state index contributed by atoms with van der Waals surface area (Å²) >= 11 is 0. The van der Waals surface area contributed by atoms with Crippen molar-refractivity contribution in [3.63, 3.8) is 0 Å². The van der Waals surface area contributed by atoms with E-state index in [0.717, 1.165) is 5.56 Å². The molecule has 88 valence electrons. The Kier molecular flexibility index (Phi) is 2.91. The van der Waals surface area contributed by atoms with Gasteiger partial charge in [0.15, 0.2) is 0 Å². The fourth-order valence-corrected chi connectivity index (χ4v) is 1.60. The first-order valence-electron chi connectivity index (χ1n) is 5.11. The van der Waals surface area contributed by atoms with Crippen molar-refractivity contribution in [2.45, 2.75) is 13.3 Å². The number of rotatable bonds is 3. The van der Waals surface area contributed by atoms with Crippen molar-refractivity contribution in [1.29, 1.82) is 0 Å². The molecule has 2 rings (SSSR count). The summed E-state index contributed by atoms with van der Waals surface area (Å²) in [6.45, 7) is 1.58. The van der Waals surface area contributed by atoms with Crippen LogP contribution >= 0.6 is 0 Å². The Morgan fingerprint density at radius 2 is 1.94 bits per heavy atom. The highest BCUT2D eigenvalue weighted by Crippen LogP contribution is 2.21. The van der Waals surface area contributed by atoms with E-state index >= 15 is 0 Å². The lowest BCUT2D eigenvalue weighted by Gasteiger charge is -2.02. The molecule has 0 radical (unpaired) electrons. The van der Waals surface area contributed by atoms with Gasteiger partial charge in [-0.1, -0.05) is 6.07 Å². The number of esters is 3. The Balaban J connectivity index is 2.12. The third-order valence-electron chi connectivity index (χ3n) is 2.41. The molecule has 0 unspecified atom stereocenters. The molecule has 1 aliphatic rings. The Morgan fingerprint density at radius 3 is 2.65 bits per heavy atom. The summed E-state index contributed by atoms with van der Waals surface area (Å²) < 4.78 is 9.26. The SMILES string of the molecule is CC(=O)OCCc1ccc2c(c1)C(=O)OC2=O. The molecule has 0 saturated carbocycles. The van der Waals surface area contributed by atoms with Gasteiger partial charge in [0.1, 0.15) is 0 Å². The minimum atomic E-state index is -0.626. The Labute approximate surface area is 97.3 Å². The number of fused-ring (bicyclic) bond motifs is 1. The summed E-state index contributed by atoms with van der Waals surface area (Å²) in [7, 11) is 0. The van der Waals surface area contributed by atoms with Gasteiger partial charge < -0.3 is 9.47 Å². The van der Waals surface area contributed by atoms with Crippen LogP contribution < -0.4 is 0 Å². The highest BCUT2D eigenvalue weighted by Gasteiger charge is 2.29. The van der Waals surface area contributed by atoms with Crippen molar-refractivity contribution in [3.05, 3.63) is 34.9 Å². The smallest absolute Gasteiger partial charge is 0.346 e. The standard InChI is InChI=1S/C12H10O5/c1-7(13)16-5-4-8-2-3-9-10(6-8)12(15)17-11(9)14/h2-3,6H,4-5H2,1H3. The van der Waals surface area contributed by atoms with Crippen molar-refractivity contribution >= 4 is 17.9 Å². The number of benzene rings is 1. The molecule has 0 bridgehead atoms. The van der Waals surface area contributed by atoms with Gasteiger partial charge in [-0.05, 0) is 17.7 Å². The number of carbonyl (C=O) groups is 3. The van der Waals surface area contributed by atoms with Gasteiger partial charge in [0.2, 0.25) is 0 Å². The first kappa shape index (κ1) is 11.3. The second-order valence-electron chi connectivity index (χ2n) is 3.65.